The molecule has 0 saturated carbocycles. The van der Waals surface area contributed by atoms with E-state index in [4.69, 9.17) is 0 Å². The summed E-state index contributed by atoms with van der Waals surface area (Å²) >= 11 is 0. The van der Waals surface area contributed by atoms with Crippen LogP contribution in [0.4, 0.5) is 0 Å². The van der Waals surface area contributed by atoms with Gasteiger partial charge in [-0.25, -0.2) is 5.32 Å². The quantitative estimate of drug-likeness (QED) is 0.626. The molecular formula is C11H13N2. The van der Waals surface area contributed by atoms with Gasteiger partial charge in [0, 0.05) is 18.9 Å². The van der Waals surface area contributed by atoms with Crippen LogP contribution in [0.5, 0.6) is 0 Å². The fourth-order valence-corrected chi connectivity index (χ4v) is 1.06. The lowest BCUT2D eigenvalue weighted by Crippen LogP contribution is -2.11. The van der Waals surface area contributed by atoms with Crippen LogP contribution in [0.1, 0.15) is 11.6 Å². The maximum Gasteiger partial charge on any atom is 0.0678 e. The lowest BCUT2D eigenvalue weighted by atomic mass is 10.1. The monoisotopic (exact) mass is 173 g/mol. The topological polar surface area (TPSA) is 27.0 Å². The summed E-state index contributed by atoms with van der Waals surface area (Å²) in [6.45, 7) is 8.01. The Morgan fingerprint density at radius 3 is 2.62 bits per heavy atom. The molecule has 2 nitrogen and oxygen atoms in total. The van der Waals surface area contributed by atoms with E-state index in [1.165, 1.54) is 0 Å². The lowest BCUT2D eigenvalue weighted by molar-refractivity contribution is 0.657. The molecule has 1 radical (unpaired) electrons. The van der Waals surface area contributed by atoms with Crippen molar-refractivity contribution in [1.29, 1.82) is 0 Å². The number of aromatic nitrogens is 1. The third-order valence-electron chi connectivity index (χ3n) is 1.70. The highest BCUT2D eigenvalue weighted by Crippen LogP contribution is 2.12. The van der Waals surface area contributed by atoms with E-state index in [0.29, 0.717) is 6.54 Å². The van der Waals surface area contributed by atoms with Gasteiger partial charge in [0.1, 0.15) is 0 Å². The maximum absolute atomic E-state index is 4.37. The van der Waals surface area contributed by atoms with Crippen molar-refractivity contribution in [2.24, 2.45) is 0 Å². The summed E-state index contributed by atoms with van der Waals surface area (Å²) < 4.78 is 0. The number of rotatable bonds is 5. The molecule has 2 heteroatoms. The van der Waals surface area contributed by atoms with E-state index in [1.54, 1.807) is 18.5 Å². The number of hydrogen-bond donors (Lipinski definition) is 0. The van der Waals surface area contributed by atoms with E-state index >= 15 is 0 Å². The second kappa shape index (κ2) is 5.27. The highest BCUT2D eigenvalue weighted by atomic mass is 14.9. The molecule has 1 heterocycles. The van der Waals surface area contributed by atoms with Gasteiger partial charge in [0.25, 0.3) is 0 Å². The highest BCUT2D eigenvalue weighted by molar-refractivity contribution is 5.19. The van der Waals surface area contributed by atoms with E-state index in [1.807, 2.05) is 18.2 Å². The summed E-state index contributed by atoms with van der Waals surface area (Å²) in [6.07, 6.45) is 7.11. The predicted octanol–water partition coefficient (Wildman–Crippen LogP) is 2.10. The molecule has 0 fully saturated rings. The number of hydrogen-bond acceptors (Lipinski definition) is 1. The minimum Gasteiger partial charge on any atom is -0.265 e. The Balaban J connectivity index is 2.66. The van der Waals surface area contributed by atoms with Crippen LogP contribution >= 0.6 is 0 Å². The van der Waals surface area contributed by atoms with E-state index in [9.17, 15) is 0 Å². The first-order valence-corrected chi connectivity index (χ1v) is 4.18. The molecule has 0 aromatic carbocycles. The molecule has 0 aliphatic heterocycles. The second-order valence-corrected chi connectivity index (χ2v) is 2.61. The fourth-order valence-electron chi connectivity index (χ4n) is 1.06. The molecule has 0 spiro atoms. The molecular weight excluding hydrogens is 160 g/mol. The highest BCUT2D eigenvalue weighted by Gasteiger charge is 2.05. The average Bonchev–Trinajstić information content (AvgIpc) is 2.21. The molecule has 1 aromatic rings. The van der Waals surface area contributed by atoms with Crippen LogP contribution in [0.2, 0.25) is 0 Å². The average molecular weight is 173 g/mol. The number of nitrogens with zero attached hydrogens (tertiary/aromatic N) is 2. The Morgan fingerprint density at radius 2 is 2.08 bits per heavy atom. The van der Waals surface area contributed by atoms with Gasteiger partial charge in [0.05, 0.1) is 6.04 Å². The zero-order valence-corrected chi connectivity index (χ0v) is 7.56. The van der Waals surface area contributed by atoms with Gasteiger partial charge in [-0.2, -0.15) is 0 Å². The van der Waals surface area contributed by atoms with Gasteiger partial charge in [-0.15, -0.1) is 13.2 Å². The molecule has 0 aliphatic rings. The van der Waals surface area contributed by atoms with Gasteiger partial charge < -0.3 is 0 Å². The van der Waals surface area contributed by atoms with Gasteiger partial charge in [-0.05, 0) is 17.7 Å². The Morgan fingerprint density at radius 1 is 1.38 bits per heavy atom. The first kappa shape index (κ1) is 9.68. The maximum atomic E-state index is 4.37. The van der Waals surface area contributed by atoms with E-state index < -0.39 is 0 Å². The van der Waals surface area contributed by atoms with Crippen LogP contribution in [0.3, 0.4) is 0 Å². The Hall–Kier alpha value is -1.41. The van der Waals surface area contributed by atoms with Crippen molar-refractivity contribution in [3.05, 3.63) is 55.4 Å². The van der Waals surface area contributed by atoms with E-state index in [2.05, 4.69) is 23.5 Å². The lowest BCUT2D eigenvalue weighted by Gasteiger charge is -2.10. The summed E-state index contributed by atoms with van der Waals surface area (Å²) in [5.41, 5.74) is 1.12. The van der Waals surface area contributed by atoms with Crippen LogP contribution in [0, 0.1) is 0 Å². The first-order valence-electron chi connectivity index (χ1n) is 4.18. The van der Waals surface area contributed by atoms with E-state index in [0.717, 1.165) is 5.56 Å². The molecule has 1 aromatic heterocycles. The third kappa shape index (κ3) is 2.84. The van der Waals surface area contributed by atoms with Gasteiger partial charge in [-0.1, -0.05) is 12.2 Å². The van der Waals surface area contributed by atoms with Crippen molar-refractivity contribution in [2.45, 2.75) is 6.04 Å². The molecule has 1 rings (SSSR count). The van der Waals surface area contributed by atoms with Crippen molar-refractivity contribution in [3.63, 3.8) is 0 Å². The van der Waals surface area contributed by atoms with E-state index in [-0.39, 0.29) is 6.04 Å². The van der Waals surface area contributed by atoms with Gasteiger partial charge in [0.15, 0.2) is 0 Å². The molecule has 1 unspecified atom stereocenters. The SMILES string of the molecule is C=CC[N]C(C=C)c1ccncc1. The first-order chi connectivity index (χ1) is 6.38. The van der Waals surface area contributed by atoms with Crippen LogP contribution < -0.4 is 5.32 Å². The van der Waals surface area contributed by atoms with Crippen molar-refractivity contribution in [2.75, 3.05) is 6.54 Å². The van der Waals surface area contributed by atoms with Crippen molar-refractivity contribution >= 4 is 0 Å². The van der Waals surface area contributed by atoms with Crippen molar-refractivity contribution in [1.82, 2.24) is 10.3 Å². The summed E-state index contributed by atoms with van der Waals surface area (Å²) in [7, 11) is 0. The van der Waals surface area contributed by atoms with Gasteiger partial charge in [-0.3, -0.25) is 4.98 Å². The minimum absolute atomic E-state index is 0.0565. The number of pyridine rings is 1. The summed E-state index contributed by atoms with van der Waals surface area (Å²) in [6, 6.07) is 3.94. The van der Waals surface area contributed by atoms with Crippen LogP contribution in [0.25, 0.3) is 0 Å². The normalized spacial score (nSPS) is 12.0. The van der Waals surface area contributed by atoms with Crippen molar-refractivity contribution < 1.29 is 0 Å². The summed E-state index contributed by atoms with van der Waals surface area (Å²) in [5.74, 6) is 0. The molecule has 0 bridgehead atoms. The molecule has 67 valence electrons. The molecule has 0 aliphatic carbocycles. The Kier molecular flexibility index (Phi) is 3.93. The van der Waals surface area contributed by atoms with Gasteiger partial charge >= 0.3 is 0 Å². The fraction of sp³-hybridized carbons (Fsp3) is 0.182. The van der Waals surface area contributed by atoms with Gasteiger partial charge in [0.2, 0.25) is 0 Å². The minimum atomic E-state index is 0.0565. The standard InChI is InChI=1S/C11H13N2/c1-3-7-13-11(4-2)10-5-8-12-9-6-10/h3-6,8-9,11H,1-2,7H2. The summed E-state index contributed by atoms with van der Waals surface area (Å²) in [4.78, 5) is 3.95. The van der Waals surface area contributed by atoms with Crippen molar-refractivity contribution in [3.8, 4) is 0 Å². The molecule has 0 N–H and O–H groups in total. The zero-order valence-electron chi connectivity index (χ0n) is 7.56. The van der Waals surface area contributed by atoms with Crippen LogP contribution in [-0.2, 0) is 0 Å². The van der Waals surface area contributed by atoms with Crippen LogP contribution in [-0.4, -0.2) is 11.5 Å². The molecule has 0 saturated heterocycles. The van der Waals surface area contributed by atoms with Crippen LogP contribution in [0.15, 0.2) is 49.8 Å². The predicted molar refractivity (Wildman–Crippen MR) is 54.4 cm³/mol. The molecule has 0 amide bonds. The zero-order chi connectivity index (χ0) is 9.52. The Bertz CT molecular complexity index is 267. The smallest absolute Gasteiger partial charge is 0.0678 e. The largest absolute Gasteiger partial charge is 0.265 e. The molecule has 13 heavy (non-hydrogen) atoms. The Labute approximate surface area is 79.0 Å². The second-order valence-electron chi connectivity index (χ2n) is 2.61. The molecule has 1 atom stereocenters. The summed E-state index contributed by atoms with van der Waals surface area (Å²) in [5, 5.41) is 4.37. The third-order valence-corrected chi connectivity index (χ3v) is 1.70.